The number of nitrogens with one attached hydrogen (secondary N) is 1. The minimum atomic E-state index is -0.890. The van der Waals surface area contributed by atoms with Gasteiger partial charge in [-0.25, -0.2) is 17.9 Å². The second kappa shape index (κ2) is 9.42. The lowest BCUT2D eigenvalue weighted by molar-refractivity contribution is -0.658. The van der Waals surface area contributed by atoms with Gasteiger partial charge in [0.25, 0.3) is 0 Å². The molecule has 6 nitrogen and oxygen atoms in total. The van der Waals surface area contributed by atoms with Crippen molar-refractivity contribution in [1.82, 2.24) is 9.55 Å². The van der Waals surface area contributed by atoms with Crippen molar-refractivity contribution in [2.24, 2.45) is 0 Å². The molecule has 0 radical (unpaired) electrons. The van der Waals surface area contributed by atoms with Crippen LogP contribution in [0, 0.1) is 11.6 Å². The molecule has 2 aromatic heterocycles. The Kier molecular flexibility index (Phi) is 6.01. The van der Waals surface area contributed by atoms with Crippen molar-refractivity contribution in [1.29, 1.82) is 0 Å². The van der Waals surface area contributed by atoms with Gasteiger partial charge in [0.15, 0.2) is 17.6 Å². The minimum absolute atomic E-state index is 0.121. The van der Waals surface area contributed by atoms with E-state index in [9.17, 15) is 18.4 Å². The normalized spacial score (nSPS) is 11.1. The van der Waals surface area contributed by atoms with Crippen LogP contribution in [0.5, 0.6) is 0 Å². The molecule has 0 unspecified atom stereocenters. The summed E-state index contributed by atoms with van der Waals surface area (Å²) >= 11 is 0. The Morgan fingerprint density at radius 1 is 0.971 bits per heavy atom. The van der Waals surface area contributed by atoms with E-state index in [1.165, 1.54) is 0 Å². The van der Waals surface area contributed by atoms with E-state index in [1.54, 1.807) is 17.1 Å². The summed E-state index contributed by atoms with van der Waals surface area (Å²) in [4.78, 5) is 29.8. The number of aryl methyl sites for hydroxylation is 1. The molecule has 0 aliphatic heterocycles. The smallest absolute Gasteiger partial charge is 0.245 e. The zero-order valence-electron chi connectivity index (χ0n) is 18.6. The fourth-order valence-electron chi connectivity index (χ4n) is 4.14. The topological polar surface area (TPSA) is 67.9 Å². The molecule has 0 atom stereocenters. The standard InChI is InChI=1S/C27H20F2N4O2/c28-19-10-11-20(21(29)15-19)25(34)16-33-17-32(23-8-1-2-9-24(23)33)14-12-26(35)31-22-7-3-5-18-6-4-13-30-27(18)22/h1-11,13,15,17H,12,14,16H2/p+1. The Bertz CT molecular complexity index is 1570. The molecule has 0 saturated heterocycles. The first kappa shape index (κ1) is 22.3. The highest BCUT2D eigenvalue weighted by atomic mass is 19.1. The zero-order chi connectivity index (χ0) is 24.4. The van der Waals surface area contributed by atoms with Gasteiger partial charge in [-0.05, 0) is 36.4 Å². The summed E-state index contributed by atoms with van der Waals surface area (Å²) in [5.41, 5.74) is 2.80. The molecule has 3 aromatic carbocycles. The average molecular weight is 471 g/mol. The molecule has 2 heterocycles. The number of pyridine rings is 1. The minimum Gasteiger partial charge on any atom is -0.324 e. The fraction of sp³-hybridized carbons (Fsp3) is 0.111. The number of anilines is 1. The SMILES string of the molecule is O=C(CCn1c[n+](CC(=O)c2ccc(F)cc2F)c2ccccc21)Nc1cccc2cccnc12. The molecule has 0 aliphatic carbocycles. The Hall–Kier alpha value is -4.46. The number of carbonyl (C=O) groups excluding carboxylic acids is 2. The number of imidazole rings is 1. The predicted octanol–water partition coefficient (Wildman–Crippen LogP) is 4.67. The van der Waals surface area contributed by atoms with Crippen molar-refractivity contribution in [3.63, 3.8) is 0 Å². The number of benzene rings is 3. The first-order chi connectivity index (χ1) is 17.0. The molecule has 35 heavy (non-hydrogen) atoms. The summed E-state index contributed by atoms with van der Waals surface area (Å²) in [6.45, 7) is 0.251. The maximum Gasteiger partial charge on any atom is 0.245 e. The molecule has 8 heteroatoms. The van der Waals surface area contributed by atoms with Crippen LogP contribution in [0.3, 0.4) is 0 Å². The van der Waals surface area contributed by atoms with Crippen LogP contribution in [0.25, 0.3) is 21.9 Å². The molecule has 1 N–H and O–H groups in total. The van der Waals surface area contributed by atoms with Crippen LogP contribution in [0.15, 0.2) is 85.3 Å². The number of ketones is 1. The van der Waals surface area contributed by atoms with Crippen molar-refractivity contribution in [3.8, 4) is 0 Å². The van der Waals surface area contributed by atoms with Crippen LogP contribution in [0.4, 0.5) is 14.5 Å². The number of rotatable bonds is 7. The third kappa shape index (κ3) is 4.63. The average Bonchev–Trinajstić information content (AvgIpc) is 3.20. The second-order valence-corrected chi connectivity index (χ2v) is 8.15. The van der Waals surface area contributed by atoms with Crippen LogP contribution in [-0.4, -0.2) is 21.2 Å². The van der Waals surface area contributed by atoms with Crippen LogP contribution in [0.2, 0.25) is 0 Å². The maximum absolute atomic E-state index is 14.1. The van der Waals surface area contributed by atoms with E-state index in [1.807, 2.05) is 59.2 Å². The largest absolute Gasteiger partial charge is 0.324 e. The second-order valence-electron chi connectivity index (χ2n) is 8.15. The van der Waals surface area contributed by atoms with Crippen LogP contribution >= 0.6 is 0 Å². The van der Waals surface area contributed by atoms with Crippen molar-refractivity contribution in [3.05, 3.63) is 103 Å². The molecular formula is C27H21F2N4O2+. The monoisotopic (exact) mass is 471 g/mol. The highest BCUT2D eigenvalue weighted by Crippen LogP contribution is 2.21. The molecule has 0 aliphatic rings. The lowest BCUT2D eigenvalue weighted by Crippen LogP contribution is -2.37. The first-order valence-corrected chi connectivity index (χ1v) is 11.1. The highest BCUT2D eigenvalue weighted by molar-refractivity contribution is 6.00. The van der Waals surface area contributed by atoms with Gasteiger partial charge in [-0.1, -0.05) is 30.3 Å². The van der Waals surface area contributed by atoms with Gasteiger partial charge in [0.05, 0.1) is 29.7 Å². The number of nitrogens with zero attached hydrogens (tertiary/aromatic N) is 3. The van der Waals surface area contributed by atoms with Crippen molar-refractivity contribution in [2.75, 3.05) is 5.32 Å². The molecule has 5 rings (SSSR count). The van der Waals surface area contributed by atoms with Gasteiger partial charge in [0.1, 0.15) is 11.6 Å². The Balaban J connectivity index is 1.33. The number of hydrogen-bond acceptors (Lipinski definition) is 3. The third-order valence-electron chi connectivity index (χ3n) is 5.81. The predicted molar refractivity (Wildman–Crippen MR) is 128 cm³/mol. The molecule has 0 saturated carbocycles. The quantitative estimate of drug-likeness (QED) is 0.277. The number of carbonyl (C=O) groups is 2. The van der Waals surface area contributed by atoms with Gasteiger partial charge in [-0.3, -0.25) is 14.6 Å². The zero-order valence-corrected chi connectivity index (χ0v) is 18.6. The van der Waals surface area contributed by atoms with Crippen LogP contribution in [0.1, 0.15) is 16.8 Å². The maximum atomic E-state index is 14.1. The number of hydrogen-bond donors (Lipinski definition) is 1. The van der Waals surface area contributed by atoms with Gasteiger partial charge in [-0.15, -0.1) is 0 Å². The first-order valence-electron chi connectivity index (χ1n) is 11.1. The van der Waals surface area contributed by atoms with Crippen LogP contribution < -0.4 is 9.88 Å². The molecule has 0 bridgehead atoms. The molecule has 1 amide bonds. The van der Waals surface area contributed by atoms with E-state index >= 15 is 0 Å². The van der Waals surface area contributed by atoms with Crippen LogP contribution in [-0.2, 0) is 17.9 Å². The summed E-state index contributed by atoms with van der Waals surface area (Å²) in [5.74, 6) is -2.27. The molecular weight excluding hydrogens is 450 g/mol. The van der Waals surface area contributed by atoms with Gasteiger partial charge in [0.2, 0.25) is 18.0 Å². The number of aromatic nitrogens is 3. The molecule has 0 spiro atoms. The number of fused-ring (bicyclic) bond motifs is 2. The summed E-state index contributed by atoms with van der Waals surface area (Å²) in [6.07, 6.45) is 3.61. The Morgan fingerprint density at radius 3 is 2.66 bits per heavy atom. The van der Waals surface area contributed by atoms with Crippen molar-refractivity contribution < 1.29 is 22.9 Å². The number of Topliss-reactive ketones (excluding diaryl/α,β-unsaturated/α-hetero) is 1. The van der Waals surface area contributed by atoms with E-state index in [4.69, 9.17) is 0 Å². The Morgan fingerprint density at radius 2 is 1.80 bits per heavy atom. The van der Waals surface area contributed by atoms with Crippen molar-refractivity contribution in [2.45, 2.75) is 19.5 Å². The van der Waals surface area contributed by atoms with E-state index in [-0.39, 0.29) is 24.4 Å². The third-order valence-corrected chi connectivity index (χ3v) is 5.81. The fourth-order valence-corrected chi connectivity index (χ4v) is 4.14. The van der Waals surface area contributed by atoms with Gasteiger partial charge >= 0.3 is 0 Å². The van der Waals surface area contributed by atoms with E-state index in [0.717, 1.165) is 34.1 Å². The lowest BCUT2D eigenvalue weighted by Gasteiger charge is -2.07. The lowest BCUT2D eigenvalue weighted by atomic mass is 10.1. The molecule has 174 valence electrons. The van der Waals surface area contributed by atoms with Gasteiger partial charge < -0.3 is 5.32 Å². The summed E-state index contributed by atoms with van der Waals surface area (Å²) in [6, 6.07) is 19.7. The van der Waals surface area contributed by atoms with Gasteiger partial charge in [0, 0.05) is 17.6 Å². The van der Waals surface area contributed by atoms with Crippen molar-refractivity contribution >= 4 is 39.3 Å². The highest BCUT2D eigenvalue weighted by Gasteiger charge is 2.21. The number of halogens is 2. The molecule has 0 fully saturated rings. The van der Waals surface area contributed by atoms with E-state index < -0.39 is 17.4 Å². The van der Waals surface area contributed by atoms with Gasteiger partial charge in [-0.2, -0.15) is 0 Å². The number of para-hydroxylation sites is 3. The molecule has 5 aromatic rings. The summed E-state index contributed by atoms with van der Waals surface area (Å²) in [5, 5.41) is 3.86. The summed E-state index contributed by atoms with van der Waals surface area (Å²) < 4.78 is 30.9. The van der Waals surface area contributed by atoms with E-state index in [0.29, 0.717) is 18.3 Å². The number of amides is 1. The summed E-state index contributed by atoms with van der Waals surface area (Å²) in [7, 11) is 0. The van der Waals surface area contributed by atoms with E-state index in [2.05, 4.69) is 10.3 Å². The Labute approximate surface area is 199 Å².